The molecule has 0 amide bonds. The maximum atomic E-state index is 5.23. The molecule has 98 valence electrons. The second-order valence-corrected chi connectivity index (χ2v) is 5.58. The molecular formula is C15H28N2. The second-order valence-electron chi connectivity index (χ2n) is 5.58. The molecule has 0 atom stereocenters. The van der Waals surface area contributed by atoms with Crippen LogP contribution in [-0.2, 0) is 0 Å². The summed E-state index contributed by atoms with van der Waals surface area (Å²) in [5.74, 6) is 3.49. The summed E-state index contributed by atoms with van der Waals surface area (Å²) in [5.41, 5.74) is 0. The largest absolute Gasteiger partial charge is 0.314 e. The average Bonchev–Trinajstić information content (AvgIpc) is 2.30. The van der Waals surface area contributed by atoms with Gasteiger partial charge in [0.2, 0.25) is 0 Å². The van der Waals surface area contributed by atoms with E-state index in [-0.39, 0.29) is 0 Å². The molecule has 1 aliphatic rings. The molecule has 0 radical (unpaired) electrons. The molecule has 0 unspecified atom stereocenters. The van der Waals surface area contributed by atoms with Crippen LogP contribution < -0.4 is 5.32 Å². The Morgan fingerprint density at radius 1 is 1.29 bits per heavy atom. The molecule has 1 N–H and O–H groups in total. The Kier molecular flexibility index (Phi) is 7.32. The first kappa shape index (κ1) is 14.5. The van der Waals surface area contributed by atoms with Crippen molar-refractivity contribution in [2.45, 2.75) is 52.0 Å². The lowest BCUT2D eigenvalue weighted by Gasteiger charge is -2.33. The van der Waals surface area contributed by atoms with Crippen molar-refractivity contribution in [3.8, 4) is 12.3 Å². The molecule has 0 spiro atoms. The molecule has 2 nitrogen and oxygen atoms in total. The Hall–Kier alpha value is -0.520. The third kappa shape index (κ3) is 6.71. The topological polar surface area (TPSA) is 15.3 Å². The molecule has 0 aromatic rings. The first-order valence-corrected chi connectivity index (χ1v) is 7.11. The van der Waals surface area contributed by atoms with Crippen LogP contribution in [0.15, 0.2) is 0 Å². The zero-order valence-corrected chi connectivity index (χ0v) is 11.5. The zero-order valence-electron chi connectivity index (χ0n) is 11.5. The summed E-state index contributed by atoms with van der Waals surface area (Å²) < 4.78 is 0. The highest BCUT2D eigenvalue weighted by atomic mass is 15.1. The van der Waals surface area contributed by atoms with Gasteiger partial charge in [0.1, 0.15) is 0 Å². The summed E-state index contributed by atoms with van der Waals surface area (Å²) in [4.78, 5) is 2.60. The molecular weight excluding hydrogens is 208 g/mol. The summed E-state index contributed by atoms with van der Waals surface area (Å²) in [6.07, 6.45) is 11.2. The van der Waals surface area contributed by atoms with Gasteiger partial charge in [0.25, 0.3) is 0 Å². The van der Waals surface area contributed by atoms with Gasteiger partial charge in [0, 0.05) is 19.0 Å². The summed E-state index contributed by atoms with van der Waals surface area (Å²) in [5, 5.41) is 3.66. The van der Waals surface area contributed by atoms with Crippen LogP contribution in [0.1, 0.15) is 46.0 Å². The van der Waals surface area contributed by atoms with E-state index >= 15 is 0 Å². The number of hydrogen-bond donors (Lipinski definition) is 1. The van der Waals surface area contributed by atoms with Gasteiger partial charge in [-0.25, -0.2) is 0 Å². The number of nitrogens with zero attached hydrogens (tertiary/aromatic N) is 1. The van der Waals surface area contributed by atoms with Gasteiger partial charge < -0.3 is 10.2 Å². The second kappa shape index (κ2) is 8.55. The lowest BCUT2D eigenvalue weighted by atomic mass is 10.0. The highest BCUT2D eigenvalue weighted by Gasteiger charge is 2.18. The van der Waals surface area contributed by atoms with E-state index in [1.54, 1.807) is 0 Å². The van der Waals surface area contributed by atoms with Crippen molar-refractivity contribution in [1.82, 2.24) is 10.2 Å². The molecule has 0 bridgehead atoms. The van der Waals surface area contributed by atoms with Crippen molar-refractivity contribution in [3.63, 3.8) is 0 Å². The average molecular weight is 236 g/mol. The van der Waals surface area contributed by atoms with Crippen molar-refractivity contribution >= 4 is 0 Å². The number of terminal acetylenes is 1. The van der Waals surface area contributed by atoms with Crippen LogP contribution in [0.4, 0.5) is 0 Å². The summed E-state index contributed by atoms with van der Waals surface area (Å²) in [7, 11) is 0. The zero-order chi connectivity index (χ0) is 12.5. The fourth-order valence-corrected chi connectivity index (χ4v) is 2.49. The number of unbranched alkanes of at least 4 members (excludes halogenated alkanes) is 2. The minimum atomic E-state index is 0.740. The van der Waals surface area contributed by atoms with E-state index in [9.17, 15) is 0 Å². The molecule has 0 aliphatic carbocycles. The van der Waals surface area contributed by atoms with Gasteiger partial charge >= 0.3 is 0 Å². The summed E-state index contributed by atoms with van der Waals surface area (Å²) in [6.45, 7) is 9.53. The van der Waals surface area contributed by atoms with Gasteiger partial charge in [0.15, 0.2) is 0 Å². The van der Waals surface area contributed by atoms with Crippen LogP contribution in [0.3, 0.4) is 0 Å². The van der Waals surface area contributed by atoms with Crippen LogP contribution >= 0.6 is 0 Å². The van der Waals surface area contributed by atoms with Crippen LogP contribution in [0.2, 0.25) is 0 Å². The molecule has 1 saturated heterocycles. The Morgan fingerprint density at radius 2 is 2.00 bits per heavy atom. The highest BCUT2D eigenvalue weighted by molar-refractivity contribution is 4.83. The molecule has 0 saturated carbocycles. The minimum Gasteiger partial charge on any atom is -0.314 e. The van der Waals surface area contributed by atoms with Gasteiger partial charge in [-0.05, 0) is 51.2 Å². The van der Waals surface area contributed by atoms with E-state index in [1.807, 2.05) is 0 Å². The Bertz CT molecular complexity index is 222. The van der Waals surface area contributed by atoms with Gasteiger partial charge in [-0.1, -0.05) is 13.8 Å². The van der Waals surface area contributed by atoms with Gasteiger partial charge in [-0.3, -0.25) is 0 Å². The number of piperidine rings is 1. The molecule has 17 heavy (non-hydrogen) atoms. The van der Waals surface area contributed by atoms with E-state index < -0.39 is 0 Å². The number of likely N-dealkylation sites (tertiary alicyclic amines) is 1. The van der Waals surface area contributed by atoms with Crippen molar-refractivity contribution in [2.24, 2.45) is 5.92 Å². The predicted molar refractivity (Wildman–Crippen MR) is 75.0 cm³/mol. The van der Waals surface area contributed by atoms with Crippen LogP contribution in [0.5, 0.6) is 0 Å². The monoisotopic (exact) mass is 236 g/mol. The number of nitrogens with one attached hydrogen (secondary N) is 1. The van der Waals surface area contributed by atoms with Gasteiger partial charge in [0.05, 0.1) is 0 Å². The first-order valence-electron chi connectivity index (χ1n) is 7.11. The van der Waals surface area contributed by atoms with Gasteiger partial charge in [-0.2, -0.15) is 0 Å². The SMILES string of the molecule is C#CCCCCNC1CCN(CC(C)C)CC1. The Labute approximate surface area is 107 Å². The maximum absolute atomic E-state index is 5.23. The molecule has 1 fully saturated rings. The van der Waals surface area contributed by atoms with E-state index in [0.29, 0.717) is 0 Å². The maximum Gasteiger partial charge on any atom is 0.00914 e. The molecule has 2 heteroatoms. The lowest BCUT2D eigenvalue weighted by Crippen LogP contribution is -2.43. The Balaban J connectivity index is 2.01. The highest BCUT2D eigenvalue weighted by Crippen LogP contribution is 2.12. The third-order valence-corrected chi connectivity index (χ3v) is 3.39. The summed E-state index contributed by atoms with van der Waals surface area (Å²) in [6, 6.07) is 0.740. The molecule has 0 aromatic carbocycles. The van der Waals surface area contributed by atoms with Crippen LogP contribution in [0.25, 0.3) is 0 Å². The first-order chi connectivity index (χ1) is 8.22. The van der Waals surface area contributed by atoms with Crippen molar-refractivity contribution in [2.75, 3.05) is 26.2 Å². The van der Waals surface area contributed by atoms with Crippen molar-refractivity contribution in [1.29, 1.82) is 0 Å². The fourth-order valence-electron chi connectivity index (χ4n) is 2.49. The quantitative estimate of drug-likeness (QED) is 0.540. The Morgan fingerprint density at radius 3 is 2.59 bits per heavy atom. The van der Waals surface area contributed by atoms with Crippen molar-refractivity contribution < 1.29 is 0 Å². The smallest absolute Gasteiger partial charge is 0.00914 e. The predicted octanol–water partition coefficient (Wildman–Crippen LogP) is 2.50. The number of hydrogen-bond acceptors (Lipinski definition) is 2. The molecule has 1 aliphatic heterocycles. The standard InChI is InChI=1S/C15H28N2/c1-4-5-6-7-10-16-15-8-11-17(12-9-15)13-14(2)3/h1,14-16H,5-13H2,2-3H3. The van der Waals surface area contributed by atoms with E-state index in [1.165, 1.54) is 38.9 Å². The third-order valence-electron chi connectivity index (χ3n) is 3.39. The lowest BCUT2D eigenvalue weighted by molar-refractivity contribution is 0.180. The van der Waals surface area contributed by atoms with Crippen molar-refractivity contribution in [3.05, 3.63) is 0 Å². The normalized spacial score (nSPS) is 18.5. The summed E-state index contributed by atoms with van der Waals surface area (Å²) >= 11 is 0. The molecule has 0 aromatic heterocycles. The van der Waals surface area contributed by atoms with Gasteiger partial charge in [-0.15, -0.1) is 12.3 Å². The van der Waals surface area contributed by atoms with E-state index in [2.05, 4.69) is 30.0 Å². The minimum absolute atomic E-state index is 0.740. The van der Waals surface area contributed by atoms with Crippen LogP contribution in [0, 0.1) is 18.3 Å². The van der Waals surface area contributed by atoms with Crippen LogP contribution in [-0.4, -0.2) is 37.1 Å². The number of rotatable bonds is 7. The van der Waals surface area contributed by atoms with E-state index in [0.717, 1.165) is 31.3 Å². The fraction of sp³-hybridized carbons (Fsp3) is 0.867. The molecule has 1 rings (SSSR count). The van der Waals surface area contributed by atoms with E-state index in [4.69, 9.17) is 6.42 Å². The molecule has 1 heterocycles.